The van der Waals surface area contributed by atoms with E-state index in [1.165, 1.54) is 48.1 Å². The second-order valence-electron chi connectivity index (χ2n) is 6.28. The van der Waals surface area contributed by atoms with Gasteiger partial charge in [-0.05, 0) is 68.8 Å². The average molecular weight is 260 g/mol. The Morgan fingerprint density at radius 1 is 1.16 bits per heavy atom. The summed E-state index contributed by atoms with van der Waals surface area (Å²) in [4.78, 5) is 2.46. The zero-order valence-electron chi connectivity index (χ0n) is 12.9. The fourth-order valence-electron chi connectivity index (χ4n) is 3.10. The Hall–Kier alpha value is -0.860. The maximum absolute atomic E-state index is 6.06. The molecule has 0 aliphatic heterocycles. The lowest BCUT2D eigenvalue weighted by molar-refractivity contribution is 0.164. The van der Waals surface area contributed by atoms with Crippen LogP contribution in [0.4, 0.5) is 0 Å². The lowest BCUT2D eigenvalue weighted by Gasteiger charge is -2.35. The van der Waals surface area contributed by atoms with E-state index in [1.807, 2.05) is 0 Å². The van der Waals surface area contributed by atoms with Gasteiger partial charge in [0.05, 0.1) is 0 Å². The molecular formula is C17H28N2. The van der Waals surface area contributed by atoms with Crippen molar-refractivity contribution < 1.29 is 0 Å². The number of aryl methyl sites for hydroxylation is 3. The van der Waals surface area contributed by atoms with Gasteiger partial charge in [-0.2, -0.15) is 0 Å². The molecular weight excluding hydrogens is 232 g/mol. The number of nitrogens with zero attached hydrogens (tertiary/aromatic N) is 1. The number of benzene rings is 1. The molecule has 2 nitrogen and oxygen atoms in total. The Morgan fingerprint density at radius 3 is 2.32 bits per heavy atom. The van der Waals surface area contributed by atoms with Crippen LogP contribution in [0.15, 0.2) is 12.1 Å². The zero-order chi connectivity index (χ0) is 14.0. The van der Waals surface area contributed by atoms with Crippen LogP contribution in [0.2, 0.25) is 0 Å². The predicted octanol–water partition coefficient (Wildman–Crippen LogP) is 3.34. The number of hydrogen-bond donors (Lipinski definition) is 1. The quantitative estimate of drug-likeness (QED) is 0.879. The molecule has 1 aromatic rings. The summed E-state index contributed by atoms with van der Waals surface area (Å²) in [6.45, 7) is 8.47. The summed E-state index contributed by atoms with van der Waals surface area (Å²) in [6, 6.07) is 4.99. The van der Waals surface area contributed by atoms with Crippen LogP contribution in [0.3, 0.4) is 0 Å². The fourth-order valence-corrected chi connectivity index (χ4v) is 3.10. The molecule has 2 N–H and O–H groups in total. The Balaban J connectivity index is 2.17. The summed E-state index contributed by atoms with van der Waals surface area (Å²) >= 11 is 0. The van der Waals surface area contributed by atoms with Crippen molar-refractivity contribution in [2.24, 2.45) is 11.7 Å². The first-order chi connectivity index (χ1) is 9.02. The van der Waals surface area contributed by atoms with E-state index in [-0.39, 0.29) is 0 Å². The smallest absolute Gasteiger partial charge is 0.0470 e. The highest BCUT2D eigenvalue weighted by Gasteiger charge is 2.24. The average Bonchev–Trinajstić information content (AvgIpc) is 2.31. The largest absolute Gasteiger partial charge is 0.329 e. The third-order valence-electron chi connectivity index (χ3n) is 4.77. The van der Waals surface area contributed by atoms with E-state index in [4.69, 9.17) is 5.73 Å². The highest BCUT2D eigenvalue weighted by atomic mass is 15.1. The minimum Gasteiger partial charge on any atom is -0.329 e. The summed E-state index contributed by atoms with van der Waals surface area (Å²) in [6.07, 6.45) is 4.20. The van der Waals surface area contributed by atoms with Crippen molar-refractivity contribution in [1.29, 1.82) is 0 Å². The third-order valence-corrected chi connectivity index (χ3v) is 4.77. The van der Waals surface area contributed by atoms with Crippen molar-refractivity contribution in [3.8, 4) is 0 Å². The van der Waals surface area contributed by atoms with E-state index in [0.29, 0.717) is 12.6 Å². The van der Waals surface area contributed by atoms with Crippen LogP contribution in [0.1, 0.15) is 47.6 Å². The van der Waals surface area contributed by atoms with Crippen molar-refractivity contribution >= 4 is 0 Å². The number of hydrogen-bond acceptors (Lipinski definition) is 2. The maximum Gasteiger partial charge on any atom is 0.0470 e. The zero-order valence-corrected chi connectivity index (χ0v) is 12.9. The first-order valence-electron chi connectivity index (χ1n) is 7.51. The normalized spacial score (nSPS) is 17.6. The number of likely N-dealkylation sites (N-methyl/N-ethyl adjacent to an activating group) is 1. The van der Waals surface area contributed by atoms with Gasteiger partial charge in [0.1, 0.15) is 0 Å². The van der Waals surface area contributed by atoms with Gasteiger partial charge in [0.15, 0.2) is 0 Å². The molecule has 0 saturated heterocycles. The SMILES string of the molecule is Cc1cc(C)c(C(CN)N(C)CC2CCC2)cc1C. The summed E-state index contributed by atoms with van der Waals surface area (Å²) in [5, 5.41) is 0. The van der Waals surface area contributed by atoms with Crippen LogP contribution >= 0.6 is 0 Å². The van der Waals surface area contributed by atoms with Crippen LogP contribution in [0.25, 0.3) is 0 Å². The van der Waals surface area contributed by atoms with Crippen LogP contribution in [0.5, 0.6) is 0 Å². The first kappa shape index (κ1) is 14.5. The molecule has 2 rings (SSSR count). The van der Waals surface area contributed by atoms with Gasteiger partial charge in [0, 0.05) is 19.1 Å². The van der Waals surface area contributed by atoms with E-state index in [0.717, 1.165) is 5.92 Å². The summed E-state index contributed by atoms with van der Waals surface area (Å²) in [7, 11) is 2.23. The van der Waals surface area contributed by atoms with Gasteiger partial charge in [0.2, 0.25) is 0 Å². The molecule has 1 fully saturated rings. The maximum atomic E-state index is 6.06. The summed E-state index contributed by atoms with van der Waals surface area (Å²) < 4.78 is 0. The standard InChI is InChI=1S/C17H28N2/c1-12-8-14(3)16(9-13(12)2)17(10-18)19(4)11-15-6-5-7-15/h8-9,15,17H,5-7,10-11,18H2,1-4H3. The predicted molar refractivity (Wildman–Crippen MR) is 82.4 cm³/mol. The van der Waals surface area contributed by atoms with E-state index in [1.54, 1.807) is 0 Å². The molecule has 0 aromatic heterocycles. The monoisotopic (exact) mass is 260 g/mol. The molecule has 0 bridgehead atoms. The van der Waals surface area contributed by atoms with Gasteiger partial charge in [-0.1, -0.05) is 18.6 Å². The molecule has 1 aliphatic rings. The van der Waals surface area contributed by atoms with Gasteiger partial charge in [-0.3, -0.25) is 4.90 Å². The topological polar surface area (TPSA) is 29.3 Å². The van der Waals surface area contributed by atoms with Gasteiger partial charge in [-0.15, -0.1) is 0 Å². The molecule has 2 heteroatoms. The van der Waals surface area contributed by atoms with Crippen LogP contribution in [-0.4, -0.2) is 25.0 Å². The summed E-state index contributed by atoms with van der Waals surface area (Å²) in [5.41, 5.74) is 11.6. The van der Waals surface area contributed by atoms with Gasteiger partial charge in [-0.25, -0.2) is 0 Å². The Labute approximate surface area is 118 Å². The summed E-state index contributed by atoms with van der Waals surface area (Å²) in [5.74, 6) is 0.894. The van der Waals surface area contributed by atoms with E-state index < -0.39 is 0 Å². The highest BCUT2D eigenvalue weighted by Crippen LogP contribution is 2.31. The van der Waals surface area contributed by atoms with Crippen molar-refractivity contribution in [3.63, 3.8) is 0 Å². The van der Waals surface area contributed by atoms with E-state index in [2.05, 4.69) is 44.9 Å². The molecule has 1 atom stereocenters. The molecule has 1 unspecified atom stereocenters. The lowest BCUT2D eigenvalue weighted by Crippen LogP contribution is -2.36. The van der Waals surface area contributed by atoms with Crippen molar-refractivity contribution in [2.75, 3.05) is 20.1 Å². The van der Waals surface area contributed by atoms with E-state index in [9.17, 15) is 0 Å². The minimum atomic E-state index is 0.361. The second kappa shape index (κ2) is 6.06. The Kier molecular flexibility index (Phi) is 4.64. The molecule has 1 saturated carbocycles. The first-order valence-corrected chi connectivity index (χ1v) is 7.51. The number of rotatable bonds is 5. The van der Waals surface area contributed by atoms with Crippen LogP contribution in [-0.2, 0) is 0 Å². The Morgan fingerprint density at radius 2 is 1.79 bits per heavy atom. The molecule has 1 aromatic carbocycles. The van der Waals surface area contributed by atoms with Gasteiger partial charge < -0.3 is 5.73 Å². The fraction of sp³-hybridized carbons (Fsp3) is 0.647. The van der Waals surface area contributed by atoms with Crippen molar-refractivity contribution in [3.05, 3.63) is 34.4 Å². The van der Waals surface area contributed by atoms with Crippen molar-refractivity contribution in [1.82, 2.24) is 4.90 Å². The molecule has 0 heterocycles. The van der Waals surface area contributed by atoms with Crippen LogP contribution in [0, 0.1) is 26.7 Å². The molecule has 0 radical (unpaired) electrons. The molecule has 1 aliphatic carbocycles. The Bertz CT molecular complexity index is 435. The van der Waals surface area contributed by atoms with E-state index >= 15 is 0 Å². The van der Waals surface area contributed by atoms with Gasteiger partial charge in [0.25, 0.3) is 0 Å². The molecule has 0 amide bonds. The lowest BCUT2D eigenvalue weighted by atomic mass is 9.84. The third kappa shape index (κ3) is 3.18. The minimum absolute atomic E-state index is 0.361. The number of nitrogens with two attached hydrogens (primary N) is 1. The van der Waals surface area contributed by atoms with Crippen LogP contribution < -0.4 is 5.73 Å². The second-order valence-corrected chi connectivity index (χ2v) is 6.28. The highest BCUT2D eigenvalue weighted by molar-refractivity contribution is 5.38. The molecule has 106 valence electrons. The molecule has 19 heavy (non-hydrogen) atoms. The molecule has 0 spiro atoms. The van der Waals surface area contributed by atoms with Gasteiger partial charge >= 0.3 is 0 Å². The van der Waals surface area contributed by atoms with Crippen molar-refractivity contribution in [2.45, 2.75) is 46.1 Å².